The standard InChI is InChI=1S/C26H32N4O3S/c1-28(19-26(31)30-15-13-29(14-16-30)18-20-7-3-2-4-8-20)34(32,33)21-11-12-25-23(17-21)22-9-5-6-10-24(22)27-25/h2-4,7-8,11-12,17,27H,5-6,9-10,13-16,18-19H2,1H3. The fourth-order valence-electron chi connectivity index (χ4n) is 5.10. The Morgan fingerprint density at radius 1 is 1.00 bits per heavy atom. The molecule has 1 aliphatic carbocycles. The molecule has 1 amide bonds. The summed E-state index contributed by atoms with van der Waals surface area (Å²) in [6.45, 7) is 3.51. The van der Waals surface area contributed by atoms with E-state index in [4.69, 9.17) is 0 Å². The first kappa shape index (κ1) is 23.1. The van der Waals surface area contributed by atoms with Crippen molar-refractivity contribution in [2.45, 2.75) is 37.1 Å². The Hall–Kier alpha value is -2.68. The molecule has 1 N–H and O–H groups in total. The van der Waals surface area contributed by atoms with Gasteiger partial charge in [0, 0.05) is 56.4 Å². The SMILES string of the molecule is CN(CC(=O)N1CCN(Cc2ccccc2)CC1)S(=O)(=O)c1ccc2[nH]c3c(c2c1)CCCC3. The van der Waals surface area contributed by atoms with Crippen molar-refractivity contribution in [2.75, 3.05) is 39.8 Å². The minimum atomic E-state index is -3.76. The van der Waals surface area contributed by atoms with E-state index < -0.39 is 10.0 Å². The second-order valence-corrected chi connectivity index (χ2v) is 11.4. The molecule has 0 atom stereocenters. The largest absolute Gasteiger partial charge is 0.358 e. The molecule has 1 aliphatic heterocycles. The predicted octanol–water partition coefficient (Wildman–Crippen LogP) is 3.01. The second-order valence-electron chi connectivity index (χ2n) is 9.40. The minimum absolute atomic E-state index is 0.148. The van der Waals surface area contributed by atoms with E-state index in [9.17, 15) is 13.2 Å². The summed E-state index contributed by atoms with van der Waals surface area (Å²) >= 11 is 0. The van der Waals surface area contributed by atoms with Crippen molar-refractivity contribution in [2.24, 2.45) is 0 Å². The summed E-state index contributed by atoms with van der Waals surface area (Å²) in [7, 11) is -2.26. The molecule has 0 saturated carbocycles. The van der Waals surface area contributed by atoms with Gasteiger partial charge >= 0.3 is 0 Å². The number of aryl methyl sites for hydroxylation is 2. The first-order valence-corrected chi connectivity index (χ1v) is 13.5. The number of rotatable bonds is 6. The number of nitrogens with zero attached hydrogens (tertiary/aromatic N) is 3. The number of nitrogens with one attached hydrogen (secondary N) is 1. The number of carbonyl (C=O) groups is 1. The Balaban J connectivity index is 1.22. The summed E-state index contributed by atoms with van der Waals surface area (Å²) in [6, 6.07) is 15.6. The first-order chi connectivity index (χ1) is 16.4. The summed E-state index contributed by atoms with van der Waals surface area (Å²) < 4.78 is 27.7. The Morgan fingerprint density at radius 3 is 2.50 bits per heavy atom. The van der Waals surface area contributed by atoms with E-state index in [0.29, 0.717) is 13.1 Å². The normalized spacial score (nSPS) is 17.3. The lowest BCUT2D eigenvalue weighted by molar-refractivity contribution is -0.133. The maximum Gasteiger partial charge on any atom is 0.243 e. The molecule has 2 heterocycles. The van der Waals surface area contributed by atoms with Gasteiger partial charge in [-0.05, 0) is 55.0 Å². The quantitative estimate of drug-likeness (QED) is 0.589. The van der Waals surface area contributed by atoms with Gasteiger partial charge in [-0.3, -0.25) is 9.69 Å². The fraction of sp³-hybridized carbons (Fsp3) is 0.423. The van der Waals surface area contributed by atoms with Crippen LogP contribution in [0.25, 0.3) is 10.9 Å². The summed E-state index contributed by atoms with van der Waals surface area (Å²) in [4.78, 5) is 20.7. The molecule has 34 heavy (non-hydrogen) atoms. The van der Waals surface area contributed by atoms with Crippen molar-refractivity contribution < 1.29 is 13.2 Å². The lowest BCUT2D eigenvalue weighted by Gasteiger charge is -2.35. The number of likely N-dealkylation sites (N-methyl/N-ethyl adjacent to an activating group) is 1. The number of hydrogen-bond acceptors (Lipinski definition) is 4. The number of H-pyrrole nitrogens is 1. The van der Waals surface area contributed by atoms with Crippen LogP contribution >= 0.6 is 0 Å². The molecule has 5 rings (SSSR count). The molecule has 1 aromatic heterocycles. The van der Waals surface area contributed by atoms with E-state index in [2.05, 4.69) is 22.0 Å². The van der Waals surface area contributed by atoms with Gasteiger partial charge in [0.15, 0.2) is 0 Å². The average molecular weight is 481 g/mol. The Morgan fingerprint density at radius 2 is 1.74 bits per heavy atom. The number of amides is 1. The highest BCUT2D eigenvalue weighted by Gasteiger charge is 2.28. The highest BCUT2D eigenvalue weighted by Crippen LogP contribution is 2.31. The van der Waals surface area contributed by atoms with Crippen LogP contribution in [0.5, 0.6) is 0 Å². The van der Waals surface area contributed by atoms with Gasteiger partial charge in [-0.15, -0.1) is 0 Å². The number of aromatic amines is 1. The number of fused-ring (bicyclic) bond motifs is 3. The first-order valence-electron chi connectivity index (χ1n) is 12.1. The maximum absolute atomic E-state index is 13.3. The van der Waals surface area contributed by atoms with Crippen LogP contribution in [0.15, 0.2) is 53.4 Å². The second kappa shape index (κ2) is 9.52. The van der Waals surface area contributed by atoms with Crippen LogP contribution < -0.4 is 0 Å². The van der Waals surface area contributed by atoms with Crippen LogP contribution in [0.2, 0.25) is 0 Å². The van der Waals surface area contributed by atoms with Crippen LogP contribution in [0, 0.1) is 0 Å². The smallest absolute Gasteiger partial charge is 0.243 e. The van der Waals surface area contributed by atoms with Crippen LogP contribution in [0.1, 0.15) is 29.7 Å². The van der Waals surface area contributed by atoms with Crippen LogP contribution in [-0.4, -0.2) is 73.2 Å². The van der Waals surface area contributed by atoms with Gasteiger partial charge in [0.2, 0.25) is 15.9 Å². The van der Waals surface area contributed by atoms with Gasteiger partial charge in [0.25, 0.3) is 0 Å². The number of hydrogen-bond donors (Lipinski definition) is 1. The summed E-state index contributed by atoms with van der Waals surface area (Å²) in [5.41, 5.74) is 4.71. The third-order valence-corrected chi connectivity index (χ3v) is 8.91. The topological polar surface area (TPSA) is 76.7 Å². The summed E-state index contributed by atoms with van der Waals surface area (Å²) in [5, 5.41) is 0.991. The van der Waals surface area contributed by atoms with Crippen LogP contribution in [-0.2, 0) is 34.2 Å². The van der Waals surface area contributed by atoms with Crippen LogP contribution in [0.4, 0.5) is 0 Å². The number of piperazine rings is 1. The molecule has 7 nitrogen and oxygen atoms in total. The molecular formula is C26H32N4O3S. The summed E-state index contributed by atoms with van der Waals surface area (Å²) in [5.74, 6) is -0.148. The van der Waals surface area contributed by atoms with E-state index in [-0.39, 0.29) is 17.3 Å². The highest BCUT2D eigenvalue weighted by atomic mass is 32.2. The fourth-order valence-corrected chi connectivity index (χ4v) is 6.25. The number of aromatic nitrogens is 1. The van der Waals surface area contributed by atoms with Gasteiger partial charge in [-0.1, -0.05) is 30.3 Å². The predicted molar refractivity (Wildman–Crippen MR) is 133 cm³/mol. The Bertz CT molecular complexity index is 1280. The van der Waals surface area contributed by atoms with Crippen molar-refractivity contribution in [3.8, 4) is 0 Å². The zero-order valence-electron chi connectivity index (χ0n) is 19.7. The maximum atomic E-state index is 13.3. The zero-order chi connectivity index (χ0) is 23.7. The van der Waals surface area contributed by atoms with Gasteiger partial charge in [-0.25, -0.2) is 8.42 Å². The van der Waals surface area contributed by atoms with E-state index >= 15 is 0 Å². The molecule has 0 spiro atoms. The highest BCUT2D eigenvalue weighted by molar-refractivity contribution is 7.89. The van der Waals surface area contributed by atoms with Crippen molar-refractivity contribution >= 4 is 26.8 Å². The van der Waals surface area contributed by atoms with Gasteiger partial charge in [0.05, 0.1) is 11.4 Å². The summed E-state index contributed by atoms with van der Waals surface area (Å²) in [6.07, 6.45) is 4.28. The van der Waals surface area contributed by atoms with E-state index in [1.54, 1.807) is 17.0 Å². The lowest BCUT2D eigenvalue weighted by atomic mass is 9.96. The van der Waals surface area contributed by atoms with Crippen molar-refractivity contribution in [1.82, 2.24) is 19.1 Å². The third-order valence-electron chi connectivity index (χ3n) is 7.11. The van der Waals surface area contributed by atoms with Crippen LogP contribution in [0.3, 0.4) is 0 Å². The molecule has 0 radical (unpaired) electrons. The zero-order valence-corrected chi connectivity index (χ0v) is 20.5. The molecule has 1 fully saturated rings. The number of benzene rings is 2. The number of sulfonamides is 1. The van der Waals surface area contributed by atoms with Gasteiger partial charge in [-0.2, -0.15) is 4.31 Å². The minimum Gasteiger partial charge on any atom is -0.358 e. The number of carbonyl (C=O) groups excluding carboxylic acids is 1. The molecule has 2 aromatic carbocycles. The molecular weight excluding hydrogens is 448 g/mol. The van der Waals surface area contributed by atoms with E-state index in [1.807, 2.05) is 24.3 Å². The molecule has 0 bridgehead atoms. The monoisotopic (exact) mass is 480 g/mol. The average Bonchev–Trinajstić information content (AvgIpc) is 3.23. The molecule has 2 aliphatic rings. The molecule has 1 saturated heterocycles. The van der Waals surface area contributed by atoms with E-state index in [1.165, 1.54) is 28.2 Å². The third kappa shape index (κ3) is 4.62. The van der Waals surface area contributed by atoms with Crippen molar-refractivity contribution in [3.63, 3.8) is 0 Å². The van der Waals surface area contributed by atoms with Crippen molar-refractivity contribution in [1.29, 1.82) is 0 Å². The Labute approximate surface area is 201 Å². The van der Waals surface area contributed by atoms with Crippen molar-refractivity contribution in [3.05, 3.63) is 65.4 Å². The Kier molecular flexibility index (Phi) is 6.46. The van der Waals surface area contributed by atoms with Gasteiger partial charge < -0.3 is 9.88 Å². The lowest BCUT2D eigenvalue weighted by Crippen LogP contribution is -2.51. The molecule has 0 unspecified atom stereocenters. The molecule has 8 heteroatoms. The molecule has 180 valence electrons. The van der Waals surface area contributed by atoms with E-state index in [0.717, 1.165) is 56.2 Å². The van der Waals surface area contributed by atoms with Gasteiger partial charge in [0.1, 0.15) is 0 Å². The molecule has 3 aromatic rings.